The highest BCUT2D eigenvalue weighted by atomic mass is 35.5. The fourth-order valence-corrected chi connectivity index (χ4v) is 4.92. The van der Waals surface area contributed by atoms with Gasteiger partial charge in [-0.3, -0.25) is 14.2 Å². The maximum Gasteiger partial charge on any atom is 0.270 e. The summed E-state index contributed by atoms with van der Waals surface area (Å²) in [5.74, 6) is -2.19. The van der Waals surface area contributed by atoms with Gasteiger partial charge in [0, 0.05) is 30.4 Å². The summed E-state index contributed by atoms with van der Waals surface area (Å²) in [6.07, 6.45) is 2.31. The van der Waals surface area contributed by atoms with E-state index >= 15 is 0 Å². The molecule has 0 spiro atoms. The van der Waals surface area contributed by atoms with Crippen molar-refractivity contribution in [1.82, 2.24) is 9.88 Å². The van der Waals surface area contributed by atoms with E-state index in [0.29, 0.717) is 24.4 Å². The Morgan fingerprint density at radius 3 is 2.57 bits per heavy atom. The number of nitrogens with zero attached hydrogens (tertiary/aromatic N) is 1. The molecule has 6 rings (SSSR count). The third-order valence-corrected chi connectivity index (χ3v) is 6.90. The molecule has 6 nitrogen and oxygen atoms in total. The predicted octanol–water partition coefficient (Wildman–Crippen LogP) is 4.73. The van der Waals surface area contributed by atoms with Gasteiger partial charge in [-0.2, -0.15) is 0 Å². The van der Waals surface area contributed by atoms with Crippen LogP contribution in [-0.2, 0) is 4.74 Å². The van der Waals surface area contributed by atoms with Gasteiger partial charge >= 0.3 is 0 Å². The van der Waals surface area contributed by atoms with Gasteiger partial charge in [-0.05, 0) is 37.0 Å². The van der Waals surface area contributed by atoms with E-state index < -0.39 is 22.6 Å². The third-order valence-electron chi connectivity index (χ3n) is 6.90. The molecule has 1 aliphatic heterocycles. The summed E-state index contributed by atoms with van der Waals surface area (Å²) in [6.45, 7) is 1.86. The van der Waals surface area contributed by atoms with Crippen LogP contribution in [0.4, 0.5) is 8.78 Å². The Balaban J connectivity index is 0.00000253. The zero-order valence-corrected chi connectivity index (χ0v) is 19.5. The van der Waals surface area contributed by atoms with Crippen molar-refractivity contribution < 1.29 is 17.9 Å². The first-order valence-corrected chi connectivity index (χ1v) is 11.5. The normalized spacial score (nSPS) is 18.4. The molecule has 2 aromatic carbocycles. The molecule has 4 aromatic rings. The topological polar surface area (TPSA) is 73.5 Å². The molecule has 182 valence electrons. The summed E-state index contributed by atoms with van der Waals surface area (Å²) in [5, 5.41) is 3.34. The SMILES string of the molecule is Cl.O=c1c2cccc(C3CNCCO3)c2oc2cc(C3CCC3)n(-c3cccc(F)c3F)c(=O)c12. The van der Waals surface area contributed by atoms with Crippen molar-refractivity contribution in [2.75, 3.05) is 19.7 Å². The number of aromatic nitrogens is 1. The summed E-state index contributed by atoms with van der Waals surface area (Å²) >= 11 is 0. The lowest BCUT2D eigenvalue weighted by Gasteiger charge is -2.29. The Morgan fingerprint density at radius 1 is 1.06 bits per heavy atom. The van der Waals surface area contributed by atoms with Crippen molar-refractivity contribution in [2.45, 2.75) is 31.3 Å². The number of hydrogen-bond acceptors (Lipinski definition) is 5. The smallest absolute Gasteiger partial charge is 0.270 e. The van der Waals surface area contributed by atoms with Crippen molar-refractivity contribution in [3.05, 3.63) is 85.9 Å². The summed E-state index contributed by atoms with van der Waals surface area (Å²) in [6, 6.07) is 10.5. The number of halogens is 3. The largest absolute Gasteiger partial charge is 0.455 e. The molecule has 35 heavy (non-hydrogen) atoms. The lowest BCUT2D eigenvalue weighted by molar-refractivity contribution is 0.0281. The molecule has 0 radical (unpaired) electrons. The van der Waals surface area contributed by atoms with Crippen molar-refractivity contribution in [1.29, 1.82) is 0 Å². The molecule has 2 aromatic heterocycles. The van der Waals surface area contributed by atoms with Crippen LogP contribution in [0.15, 0.2) is 56.5 Å². The van der Waals surface area contributed by atoms with Gasteiger partial charge in [0.15, 0.2) is 11.6 Å². The van der Waals surface area contributed by atoms with E-state index in [-0.39, 0.29) is 46.5 Å². The van der Waals surface area contributed by atoms with Gasteiger partial charge in [0.1, 0.15) is 16.6 Å². The number of ether oxygens (including phenoxy) is 1. The number of rotatable bonds is 3. The molecule has 0 amide bonds. The number of nitrogens with one attached hydrogen (secondary N) is 1. The van der Waals surface area contributed by atoms with E-state index in [9.17, 15) is 18.4 Å². The van der Waals surface area contributed by atoms with Gasteiger partial charge in [-0.15, -0.1) is 12.4 Å². The number of morpholine rings is 1. The van der Waals surface area contributed by atoms with E-state index in [2.05, 4.69) is 5.32 Å². The van der Waals surface area contributed by atoms with Gasteiger partial charge < -0.3 is 14.5 Å². The van der Waals surface area contributed by atoms with E-state index in [0.717, 1.165) is 42.0 Å². The summed E-state index contributed by atoms with van der Waals surface area (Å²) in [4.78, 5) is 27.2. The number of hydrogen-bond donors (Lipinski definition) is 1. The minimum Gasteiger partial charge on any atom is -0.455 e. The Morgan fingerprint density at radius 2 is 1.86 bits per heavy atom. The first-order valence-electron chi connectivity index (χ1n) is 11.5. The van der Waals surface area contributed by atoms with Gasteiger partial charge in [-0.1, -0.05) is 24.6 Å². The molecule has 1 saturated carbocycles. The monoisotopic (exact) mass is 500 g/mol. The third kappa shape index (κ3) is 3.76. The van der Waals surface area contributed by atoms with Crippen LogP contribution in [0.5, 0.6) is 0 Å². The van der Waals surface area contributed by atoms with Crippen LogP contribution < -0.4 is 16.3 Å². The molecule has 1 unspecified atom stereocenters. The Bertz CT molecular complexity index is 1560. The fourth-order valence-electron chi connectivity index (χ4n) is 4.92. The first kappa shape index (κ1) is 23.7. The van der Waals surface area contributed by atoms with Crippen molar-refractivity contribution >= 4 is 34.3 Å². The highest BCUT2D eigenvalue weighted by Gasteiger charge is 2.29. The molecule has 1 aliphatic carbocycles. The zero-order chi connectivity index (χ0) is 23.4. The molecule has 1 saturated heterocycles. The number of fused-ring (bicyclic) bond motifs is 2. The van der Waals surface area contributed by atoms with Crippen LogP contribution in [0.3, 0.4) is 0 Å². The summed E-state index contributed by atoms with van der Waals surface area (Å²) in [7, 11) is 0. The number of benzene rings is 2. The Hall–Kier alpha value is -3.07. The van der Waals surface area contributed by atoms with Crippen LogP contribution in [0.1, 0.15) is 42.5 Å². The lowest BCUT2D eigenvalue weighted by atomic mass is 9.82. The lowest BCUT2D eigenvalue weighted by Crippen LogP contribution is -2.33. The standard InChI is InChI=1S/C26H22F2N2O4.ClH/c27-17-8-3-9-18(23(17)28)30-19(14-4-1-5-14)12-20-22(26(30)32)24(31)16-7-2-6-15(25(16)34-20)21-13-29-10-11-33-21;/h2-3,6-9,12,14,21,29H,1,4-5,10-11,13H2;1H. The number of para-hydroxylation sites is 1. The highest BCUT2D eigenvalue weighted by molar-refractivity contribution is 5.91. The summed E-state index contributed by atoms with van der Waals surface area (Å²) in [5.41, 5.74) is 0.357. The highest BCUT2D eigenvalue weighted by Crippen LogP contribution is 2.38. The number of pyridine rings is 1. The van der Waals surface area contributed by atoms with Gasteiger partial charge in [0.2, 0.25) is 5.43 Å². The zero-order valence-electron chi connectivity index (χ0n) is 18.7. The second-order valence-corrected chi connectivity index (χ2v) is 8.87. The van der Waals surface area contributed by atoms with Gasteiger partial charge in [0.25, 0.3) is 5.56 Å². The molecule has 1 atom stereocenters. The molecule has 2 aliphatic rings. The maximum atomic E-state index is 14.8. The predicted molar refractivity (Wildman–Crippen MR) is 131 cm³/mol. The molecule has 0 bridgehead atoms. The van der Waals surface area contributed by atoms with Gasteiger partial charge in [0.05, 0.1) is 23.8 Å². The average Bonchev–Trinajstić information content (AvgIpc) is 2.81. The summed E-state index contributed by atoms with van der Waals surface area (Å²) < 4.78 is 42.1. The molecule has 9 heteroatoms. The van der Waals surface area contributed by atoms with Crippen molar-refractivity contribution in [3.8, 4) is 5.69 Å². The van der Waals surface area contributed by atoms with E-state index in [4.69, 9.17) is 9.15 Å². The Kier molecular flexibility index (Phi) is 6.21. The van der Waals surface area contributed by atoms with E-state index in [1.807, 2.05) is 6.07 Å². The fraction of sp³-hybridized carbons (Fsp3) is 0.308. The minimum absolute atomic E-state index is 0. The van der Waals surface area contributed by atoms with E-state index in [1.54, 1.807) is 18.2 Å². The first-order chi connectivity index (χ1) is 16.5. The van der Waals surface area contributed by atoms with Crippen LogP contribution in [0.25, 0.3) is 27.6 Å². The second kappa shape index (κ2) is 9.18. The molecule has 3 heterocycles. The van der Waals surface area contributed by atoms with Gasteiger partial charge in [-0.25, -0.2) is 8.78 Å². The average molecular weight is 501 g/mol. The Labute approximate surface area is 204 Å². The van der Waals surface area contributed by atoms with Crippen LogP contribution in [0.2, 0.25) is 0 Å². The van der Waals surface area contributed by atoms with Crippen LogP contribution >= 0.6 is 12.4 Å². The molecular formula is C26H23ClF2N2O4. The molecular weight excluding hydrogens is 478 g/mol. The van der Waals surface area contributed by atoms with Crippen LogP contribution in [0, 0.1) is 11.6 Å². The van der Waals surface area contributed by atoms with Crippen molar-refractivity contribution in [2.24, 2.45) is 0 Å². The minimum atomic E-state index is -1.13. The quantitative estimate of drug-likeness (QED) is 0.412. The second-order valence-electron chi connectivity index (χ2n) is 8.87. The maximum absolute atomic E-state index is 14.8. The van der Waals surface area contributed by atoms with E-state index in [1.165, 1.54) is 12.1 Å². The van der Waals surface area contributed by atoms with Crippen LogP contribution in [-0.4, -0.2) is 24.3 Å². The molecule has 2 fully saturated rings. The molecule has 1 N–H and O–H groups in total. The van der Waals surface area contributed by atoms with Crippen molar-refractivity contribution in [3.63, 3.8) is 0 Å².